The van der Waals surface area contributed by atoms with Crippen LogP contribution in [0.25, 0.3) is 0 Å². The molecule has 16 heteroatoms. The number of anilines is 3. The molecule has 7 aromatic carbocycles. The van der Waals surface area contributed by atoms with Crippen molar-refractivity contribution >= 4 is 46.6 Å². The number of hydrogen-bond acceptors (Lipinski definition) is 13. The zero-order valence-electron chi connectivity index (χ0n) is 41.0. The van der Waals surface area contributed by atoms with E-state index in [0.717, 1.165) is 10.6 Å². The molecule has 4 heterocycles. The minimum absolute atomic E-state index is 0.0762. The first-order chi connectivity index (χ1) is 37.0. The maximum atomic E-state index is 16.7. The van der Waals surface area contributed by atoms with Crippen molar-refractivity contribution in [2.24, 2.45) is 5.92 Å². The van der Waals surface area contributed by atoms with Crippen molar-refractivity contribution in [3.63, 3.8) is 0 Å². The predicted octanol–water partition coefficient (Wildman–Crippen LogP) is 9.19. The zero-order valence-corrected chi connectivity index (χ0v) is 41.0. The summed E-state index contributed by atoms with van der Waals surface area (Å²) >= 11 is 0. The fraction of sp³-hybridized carbons (Fsp3) is 0.200. The first kappa shape index (κ1) is 48.9. The molecule has 380 valence electrons. The van der Waals surface area contributed by atoms with Gasteiger partial charge in [0.2, 0.25) is 11.8 Å². The van der Waals surface area contributed by atoms with Crippen LogP contribution in [0.4, 0.5) is 27.5 Å². The molecule has 16 nitrogen and oxygen atoms in total. The third-order valence-corrected chi connectivity index (χ3v) is 14.6. The molecule has 11 rings (SSSR count). The molecule has 0 bridgehead atoms. The molecule has 4 aliphatic heterocycles. The summed E-state index contributed by atoms with van der Waals surface area (Å²) in [7, 11) is 1.57. The number of ether oxygens (including phenoxy) is 4. The van der Waals surface area contributed by atoms with Crippen LogP contribution in [0.15, 0.2) is 176 Å². The van der Waals surface area contributed by atoms with Crippen LogP contribution in [0.3, 0.4) is 0 Å². The molecule has 2 N–H and O–H groups in total. The average Bonchev–Trinajstić information content (AvgIpc) is 3.79. The fourth-order valence-corrected chi connectivity index (χ4v) is 11.2. The standard InChI is InChI=1S/C60H49N5O11/c1-73-48-29-16-38(17-30-48)12-13-39-18-31-50-49(36-39)60(58(69)63(50)59(70)75-37-40-14-23-46(24-15-40)65(71)72)51(56(67)61-44-21-25-45(26-22-44)62-32-34-74-35-33-62)53-57(68)76-54(42-10-6-3-7-11-42)52(41-8-4-2-5-9-41)64(53)55(60)43-19-27-47(66)28-20-43/h2-11,14-31,36,51-55,66H,32-35,37H2,1H3,(H,61,67). The topological polar surface area (TPSA) is 190 Å². The van der Waals surface area contributed by atoms with Crippen LogP contribution in [0.5, 0.6) is 11.5 Å². The highest BCUT2D eigenvalue weighted by atomic mass is 16.6. The molecule has 3 fully saturated rings. The van der Waals surface area contributed by atoms with E-state index in [2.05, 4.69) is 22.1 Å². The normalized spacial score (nSPS) is 21.7. The lowest BCUT2D eigenvalue weighted by atomic mass is 9.65. The number of esters is 1. The lowest BCUT2D eigenvalue weighted by molar-refractivity contribution is -0.384. The highest BCUT2D eigenvalue weighted by Crippen LogP contribution is 2.66. The number of amides is 3. The number of phenols is 1. The SMILES string of the molecule is COc1ccc(C#Cc2ccc3c(c2)C2(C(=O)N3C(=O)OCc3ccc([N+](=O)[O-])cc3)C(C(=O)Nc3ccc(N4CCOCC4)cc3)C3C(=O)OC(c4ccccc4)C(c4ccccc4)N3C2c2ccc(O)cc2)cc1. The van der Waals surface area contributed by atoms with Crippen molar-refractivity contribution < 1.29 is 48.2 Å². The maximum absolute atomic E-state index is 16.7. The number of carbonyl (C=O) groups is 4. The molecule has 3 amide bonds. The number of carbonyl (C=O) groups excluding carboxylic acids is 4. The van der Waals surface area contributed by atoms with E-state index in [1.807, 2.05) is 77.7 Å². The maximum Gasteiger partial charge on any atom is 0.421 e. The molecule has 76 heavy (non-hydrogen) atoms. The van der Waals surface area contributed by atoms with Gasteiger partial charge in [0.25, 0.3) is 5.69 Å². The average molecular weight is 1020 g/mol. The number of non-ortho nitro benzene ring substituents is 1. The number of methoxy groups -OCH3 is 1. The Balaban J connectivity index is 1.13. The summed E-state index contributed by atoms with van der Waals surface area (Å²) in [5.41, 5.74) is 2.53. The van der Waals surface area contributed by atoms with Gasteiger partial charge in [0, 0.05) is 47.7 Å². The van der Waals surface area contributed by atoms with Crippen LogP contribution in [-0.2, 0) is 40.6 Å². The number of cyclic esters (lactones) is 1. The number of hydrogen-bond donors (Lipinski definition) is 2. The van der Waals surface area contributed by atoms with Gasteiger partial charge < -0.3 is 34.3 Å². The minimum atomic E-state index is -2.16. The number of phenolic OH excluding ortho intramolecular Hbond substituents is 1. The number of nitro benzene ring substituents is 1. The van der Waals surface area contributed by atoms with Crippen LogP contribution in [0.1, 0.15) is 57.1 Å². The number of morpholine rings is 2. The summed E-state index contributed by atoms with van der Waals surface area (Å²) < 4.78 is 23.5. The Kier molecular flexibility index (Phi) is 13.2. The number of nitrogens with one attached hydrogen (secondary N) is 1. The zero-order chi connectivity index (χ0) is 52.5. The number of fused-ring (bicyclic) bond motifs is 3. The van der Waals surface area contributed by atoms with Crippen LogP contribution >= 0.6 is 0 Å². The van der Waals surface area contributed by atoms with E-state index in [9.17, 15) is 20.0 Å². The van der Waals surface area contributed by atoms with Gasteiger partial charge in [0.15, 0.2) is 0 Å². The van der Waals surface area contributed by atoms with Gasteiger partial charge in [-0.1, -0.05) is 84.6 Å². The molecule has 4 aliphatic rings. The van der Waals surface area contributed by atoms with Gasteiger partial charge in [-0.25, -0.2) is 9.69 Å². The Morgan fingerprint density at radius 1 is 0.763 bits per heavy atom. The summed E-state index contributed by atoms with van der Waals surface area (Å²) in [5.74, 6) is 2.98. The van der Waals surface area contributed by atoms with Gasteiger partial charge in [-0.05, 0) is 119 Å². The van der Waals surface area contributed by atoms with Gasteiger partial charge >= 0.3 is 12.1 Å². The summed E-state index contributed by atoms with van der Waals surface area (Å²) in [6.45, 7) is 2.12. The van der Waals surface area contributed by atoms with Gasteiger partial charge in [0.05, 0.1) is 48.9 Å². The van der Waals surface area contributed by atoms with Crippen molar-refractivity contribution in [2.75, 3.05) is 48.5 Å². The van der Waals surface area contributed by atoms with Crippen LogP contribution < -0.4 is 19.9 Å². The van der Waals surface area contributed by atoms with E-state index < -0.39 is 64.4 Å². The van der Waals surface area contributed by atoms with Crippen molar-refractivity contribution in [3.8, 4) is 23.3 Å². The Morgan fingerprint density at radius 2 is 1.41 bits per heavy atom. The Hall–Kier alpha value is -9.30. The Labute approximate surface area is 437 Å². The summed E-state index contributed by atoms with van der Waals surface area (Å²) in [4.78, 5) is 79.1. The number of rotatable bonds is 10. The number of aromatic hydroxyl groups is 1. The molecular formula is C60H49N5O11. The fourth-order valence-electron chi connectivity index (χ4n) is 11.2. The van der Waals surface area contributed by atoms with E-state index in [4.69, 9.17) is 18.9 Å². The monoisotopic (exact) mass is 1020 g/mol. The van der Waals surface area contributed by atoms with Gasteiger partial charge in [0.1, 0.15) is 35.7 Å². The lowest BCUT2D eigenvalue weighted by Crippen LogP contribution is -2.54. The first-order valence-corrected chi connectivity index (χ1v) is 24.7. The van der Waals surface area contributed by atoms with Crippen LogP contribution in [-0.4, -0.2) is 78.3 Å². The number of nitro groups is 1. The van der Waals surface area contributed by atoms with Crippen LogP contribution in [0.2, 0.25) is 0 Å². The van der Waals surface area contributed by atoms with Crippen molar-refractivity contribution in [2.45, 2.75) is 36.3 Å². The third-order valence-electron chi connectivity index (χ3n) is 14.6. The second kappa shape index (κ2) is 20.5. The Morgan fingerprint density at radius 3 is 2.07 bits per heavy atom. The van der Waals surface area contributed by atoms with Crippen molar-refractivity contribution in [1.82, 2.24) is 4.90 Å². The molecular weight excluding hydrogens is 967 g/mol. The van der Waals surface area contributed by atoms with Gasteiger partial charge in [-0.15, -0.1) is 0 Å². The highest BCUT2D eigenvalue weighted by Gasteiger charge is 2.76. The molecule has 0 aliphatic carbocycles. The largest absolute Gasteiger partial charge is 0.508 e. The van der Waals surface area contributed by atoms with Crippen LogP contribution in [0, 0.1) is 27.9 Å². The van der Waals surface area contributed by atoms with E-state index in [0.29, 0.717) is 71.1 Å². The highest BCUT2D eigenvalue weighted by molar-refractivity contribution is 6.24. The van der Waals surface area contributed by atoms with E-state index >= 15 is 14.4 Å². The second-order valence-electron chi connectivity index (χ2n) is 18.8. The Bertz CT molecular complexity index is 3400. The lowest BCUT2D eigenvalue weighted by Gasteiger charge is -2.46. The van der Waals surface area contributed by atoms with E-state index in [-0.39, 0.29) is 29.3 Å². The predicted molar refractivity (Wildman–Crippen MR) is 280 cm³/mol. The number of nitrogens with zero attached hydrogens (tertiary/aromatic N) is 4. The summed E-state index contributed by atoms with van der Waals surface area (Å²) in [5, 5.41) is 25.4. The van der Waals surface area contributed by atoms with Gasteiger partial charge in [-0.2, -0.15) is 0 Å². The van der Waals surface area contributed by atoms with E-state index in [1.54, 1.807) is 73.8 Å². The summed E-state index contributed by atoms with van der Waals surface area (Å²) in [6.07, 6.45) is -2.07. The van der Waals surface area contributed by atoms with E-state index in [1.165, 1.54) is 36.4 Å². The first-order valence-electron chi connectivity index (χ1n) is 24.7. The third kappa shape index (κ3) is 8.91. The minimum Gasteiger partial charge on any atom is -0.508 e. The summed E-state index contributed by atoms with van der Waals surface area (Å²) in [6, 6.07) is 46.1. The quantitative estimate of drug-likeness (QED) is 0.0571. The van der Waals surface area contributed by atoms with Crippen molar-refractivity contribution in [3.05, 3.63) is 225 Å². The second-order valence-corrected chi connectivity index (χ2v) is 18.8. The number of benzene rings is 7. The molecule has 0 aromatic heterocycles. The molecule has 1 spiro atoms. The smallest absolute Gasteiger partial charge is 0.421 e. The van der Waals surface area contributed by atoms with Gasteiger partial charge in [-0.3, -0.25) is 29.4 Å². The molecule has 0 saturated carbocycles. The van der Waals surface area contributed by atoms with Crippen molar-refractivity contribution in [1.29, 1.82) is 0 Å². The molecule has 6 unspecified atom stereocenters. The molecule has 7 aromatic rings. The number of imide groups is 1. The molecule has 0 radical (unpaired) electrons. The molecule has 6 atom stereocenters. The molecule has 3 saturated heterocycles.